The zero-order valence-electron chi connectivity index (χ0n) is 8.23. The third kappa shape index (κ3) is 3.23. The van der Waals surface area contributed by atoms with Crippen molar-refractivity contribution in [1.29, 1.82) is 0 Å². The zero-order valence-corrected chi connectivity index (χ0v) is 8.23. The first kappa shape index (κ1) is 11.5. The van der Waals surface area contributed by atoms with Gasteiger partial charge in [-0.1, -0.05) is 0 Å². The van der Waals surface area contributed by atoms with Crippen LogP contribution in [0.4, 0.5) is 4.79 Å². The molecule has 0 aromatic heterocycles. The number of ketones is 1. The lowest BCUT2D eigenvalue weighted by Gasteiger charge is -2.15. The molecule has 1 unspecified atom stereocenters. The quantitative estimate of drug-likeness (QED) is 0.605. The number of carboxylic acids is 1. The van der Waals surface area contributed by atoms with Crippen molar-refractivity contribution in [2.75, 3.05) is 0 Å². The molecule has 4 N–H and O–H groups in total. The van der Waals surface area contributed by atoms with Crippen LogP contribution in [0.5, 0.6) is 0 Å². The zero-order chi connectivity index (χ0) is 11.4. The van der Waals surface area contributed by atoms with Gasteiger partial charge in [0.2, 0.25) is 0 Å². The minimum absolute atomic E-state index is 0.0764. The molecule has 2 atom stereocenters. The number of carbonyl (C=O) groups excluding carboxylic acids is 2. The number of carboxylic acid groups (broad SMARTS) is 1. The maximum Gasteiger partial charge on any atom is 0.326 e. The molecule has 0 aliphatic heterocycles. The van der Waals surface area contributed by atoms with Crippen molar-refractivity contribution >= 4 is 17.8 Å². The molecule has 1 aliphatic rings. The molecule has 0 spiro atoms. The molecule has 0 radical (unpaired) electrons. The van der Waals surface area contributed by atoms with Gasteiger partial charge >= 0.3 is 12.0 Å². The van der Waals surface area contributed by atoms with Gasteiger partial charge in [0.15, 0.2) is 0 Å². The number of Topliss-reactive ketones (excluding diaryl/α,β-unsaturated/α-hetero) is 1. The minimum Gasteiger partial charge on any atom is -0.480 e. The van der Waals surface area contributed by atoms with Gasteiger partial charge in [0.25, 0.3) is 0 Å². The lowest BCUT2D eigenvalue weighted by molar-refractivity contribution is -0.139. The summed E-state index contributed by atoms with van der Waals surface area (Å²) in [6.07, 6.45) is 2.14. The molecule has 1 fully saturated rings. The highest BCUT2D eigenvalue weighted by Gasteiger charge is 2.30. The van der Waals surface area contributed by atoms with Crippen molar-refractivity contribution in [3.05, 3.63) is 0 Å². The predicted octanol–water partition coefficient (Wildman–Crippen LogP) is -0.133. The molecule has 1 saturated carbocycles. The first-order valence-electron chi connectivity index (χ1n) is 4.82. The summed E-state index contributed by atoms with van der Waals surface area (Å²) in [7, 11) is 0. The van der Waals surface area contributed by atoms with Crippen molar-refractivity contribution in [3.63, 3.8) is 0 Å². The van der Waals surface area contributed by atoms with E-state index >= 15 is 0 Å². The van der Waals surface area contributed by atoms with Crippen molar-refractivity contribution in [3.8, 4) is 0 Å². The molecule has 84 valence electrons. The highest BCUT2D eigenvalue weighted by Crippen LogP contribution is 2.25. The number of nitrogens with two attached hydrogens (primary N) is 1. The maximum atomic E-state index is 11.3. The smallest absolute Gasteiger partial charge is 0.326 e. The van der Waals surface area contributed by atoms with Gasteiger partial charge in [-0.15, -0.1) is 0 Å². The Labute approximate surface area is 86.8 Å². The van der Waals surface area contributed by atoms with Crippen molar-refractivity contribution in [1.82, 2.24) is 5.32 Å². The van der Waals surface area contributed by atoms with Crippen LogP contribution in [0.15, 0.2) is 0 Å². The minimum atomic E-state index is -1.16. The third-order valence-electron chi connectivity index (χ3n) is 2.57. The number of hydrogen-bond donors (Lipinski definition) is 3. The molecule has 15 heavy (non-hydrogen) atoms. The van der Waals surface area contributed by atoms with Gasteiger partial charge in [-0.25, -0.2) is 9.59 Å². The number of amides is 2. The highest BCUT2D eigenvalue weighted by molar-refractivity contribution is 5.85. The summed E-state index contributed by atoms with van der Waals surface area (Å²) in [5.41, 5.74) is 4.84. The number of urea groups is 1. The van der Waals surface area contributed by atoms with E-state index in [1.54, 1.807) is 0 Å². The molecule has 1 aliphatic carbocycles. The highest BCUT2D eigenvalue weighted by atomic mass is 16.4. The molecule has 0 heterocycles. The summed E-state index contributed by atoms with van der Waals surface area (Å²) < 4.78 is 0. The molecule has 0 aromatic rings. The number of carbonyl (C=O) groups is 3. The van der Waals surface area contributed by atoms with E-state index in [9.17, 15) is 14.4 Å². The Hall–Kier alpha value is -1.59. The van der Waals surface area contributed by atoms with E-state index in [0.717, 1.165) is 6.42 Å². The standard InChI is InChI=1S/C9H14N2O4/c10-9(15)11-6(8(13)14)4-5-2-1-3-7(5)12/h5-6H,1-4H2,(H,13,14)(H3,10,11,15)/t5?,6-/m0/s1. The fourth-order valence-corrected chi connectivity index (χ4v) is 1.81. The summed E-state index contributed by atoms with van der Waals surface area (Å²) in [6, 6.07) is -1.94. The molecule has 0 saturated heterocycles. The van der Waals surface area contributed by atoms with E-state index in [1.807, 2.05) is 0 Å². The van der Waals surface area contributed by atoms with Gasteiger partial charge in [0.1, 0.15) is 11.8 Å². The van der Waals surface area contributed by atoms with Crippen LogP contribution in [-0.2, 0) is 9.59 Å². The molecular weight excluding hydrogens is 200 g/mol. The number of aliphatic carboxylic acids is 1. The number of nitrogens with one attached hydrogen (secondary N) is 1. The Kier molecular flexibility index (Phi) is 3.65. The topological polar surface area (TPSA) is 109 Å². The molecular formula is C9H14N2O4. The SMILES string of the molecule is NC(=O)N[C@@H](CC1CCCC1=O)C(=O)O. The summed E-state index contributed by atoms with van der Waals surface area (Å²) in [5.74, 6) is -1.33. The van der Waals surface area contributed by atoms with Crippen LogP contribution in [0.1, 0.15) is 25.7 Å². The van der Waals surface area contributed by atoms with E-state index in [1.165, 1.54) is 0 Å². The van der Waals surface area contributed by atoms with Crippen LogP contribution in [0, 0.1) is 5.92 Å². The van der Waals surface area contributed by atoms with Gasteiger partial charge in [-0.3, -0.25) is 4.79 Å². The Balaban J connectivity index is 2.54. The first-order chi connectivity index (χ1) is 7.00. The Morgan fingerprint density at radius 1 is 1.60 bits per heavy atom. The molecule has 2 amide bonds. The van der Waals surface area contributed by atoms with Gasteiger partial charge in [-0.05, 0) is 19.3 Å². The van der Waals surface area contributed by atoms with Crippen molar-refractivity contribution < 1.29 is 19.5 Å². The fourth-order valence-electron chi connectivity index (χ4n) is 1.81. The van der Waals surface area contributed by atoms with Gasteiger partial charge in [-0.2, -0.15) is 0 Å². The van der Waals surface area contributed by atoms with Crippen molar-refractivity contribution in [2.24, 2.45) is 11.7 Å². The number of hydrogen-bond acceptors (Lipinski definition) is 3. The number of primary amides is 1. The van der Waals surface area contributed by atoms with Gasteiger partial charge in [0.05, 0.1) is 0 Å². The van der Waals surface area contributed by atoms with E-state index in [2.05, 4.69) is 5.32 Å². The Morgan fingerprint density at radius 2 is 2.27 bits per heavy atom. The molecule has 0 aromatic carbocycles. The lowest BCUT2D eigenvalue weighted by Crippen LogP contribution is -2.44. The Bertz CT molecular complexity index is 290. The van der Waals surface area contributed by atoms with Gasteiger partial charge in [0, 0.05) is 12.3 Å². The summed E-state index contributed by atoms with van der Waals surface area (Å²) in [5, 5.41) is 10.9. The average molecular weight is 214 g/mol. The summed E-state index contributed by atoms with van der Waals surface area (Å²) in [6.45, 7) is 0. The molecule has 6 nitrogen and oxygen atoms in total. The van der Waals surface area contributed by atoms with E-state index in [-0.39, 0.29) is 18.1 Å². The summed E-state index contributed by atoms with van der Waals surface area (Å²) >= 11 is 0. The second-order valence-electron chi connectivity index (χ2n) is 3.69. The van der Waals surface area contributed by atoms with E-state index < -0.39 is 18.0 Å². The predicted molar refractivity (Wildman–Crippen MR) is 51.1 cm³/mol. The van der Waals surface area contributed by atoms with Crippen LogP contribution in [0.25, 0.3) is 0 Å². The second-order valence-corrected chi connectivity index (χ2v) is 3.69. The van der Waals surface area contributed by atoms with Crippen LogP contribution in [-0.4, -0.2) is 28.9 Å². The van der Waals surface area contributed by atoms with Crippen molar-refractivity contribution in [2.45, 2.75) is 31.7 Å². The average Bonchev–Trinajstić information content (AvgIpc) is 2.50. The van der Waals surface area contributed by atoms with E-state index in [4.69, 9.17) is 10.8 Å². The summed E-state index contributed by atoms with van der Waals surface area (Å²) in [4.78, 5) is 32.6. The first-order valence-corrected chi connectivity index (χ1v) is 4.82. The fraction of sp³-hybridized carbons (Fsp3) is 0.667. The molecule has 0 bridgehead atoms. The van der Waals surface area contributed by atoms with Crippen LogP contribution in [0.2, 0.25) is 0 Å². The third-order valence-corrected chi connectivity index (χ3v) is 2.57. The molecule has 6 heteroatoms. The Morgan fingerprint density at radius 3 is 2.67 bits per heavy atom. The van der Waals surface area contributed by atoms with Crippen LogP contribution >= 0.6 is 0 Å². The molecule has 1 rings (SSSR count). The monoisotopic (exact) mass is 214 g/mol. The maximum absolute atomic E-state index is 11.3. The van der Waals surface area contributed by atoms with Crippen LogP contribution < -0.4 is 11.1 Å². The second kappa shape index (κ2) is 4.77. The number of rotatable bonds is 4. The lowest BCUT2D eigenvalue weighted by atomic mass is 9.97. The van der Waals surface area contributed by atoms with Gasteiger partial charge < -0.3 is 16.2 Å². The van der Waals surface area contributed by atoms with Crippen LogP contribution in [0.3, 0.4) is 0 Å². The normalized spacial score (nSPS) is 22.4. The largest absolute Gasteiger partial charge is 0.480 e. The van der Waals surface area contributed by atoms with E-state index in [0.29, 0.717) is 12.8 Å².